The van der Waals surface area contributed by atoms with Crippen molar-refractivity contribution >= 4 is 5.97 Å². The van der Waals surface area contributed by atoms with E-state index in [0.29, 0.717) is 11.8 Å². The molecule has 0 amide bonds. The van der Waals surface area contributed by atoms with Crippen LogP contribution in [0.2, 0.25) is 0 Å². The van der Waals surface area contributed by atoms with E-state index in [4.69, 9.17) is 0 Å². The van der Waals surface area contributed by atoms with Crippen LogP contribution >= 0.6 is 0 Å². The molecular formula is C12H21NO2. The van der Waals surface area contributed by atoms with Crippen LogP contribution in [-0.2, 0) is 4.79 Å². The third-order valence-electron chi connectivity index (χ3n) is 3.86. The highest BCUT2D eigenvalue weighted by atomic mass is 16.4. The summed E-state index contributed by atoms with van der Waals surface area (Å²) >= 11 is 0. The third-order valence-corrected chi connectivity index (χ3v) is 3.86. The van der Waals surface area contributed by atoms with Gasteiger partial charge < -0.3 is 5.11 Å². The standard InChI is InChI=1S/C12H21NO2/c1-12(2,3)13-6-9(8-4-5-8)10(7-13)11(14)15/h8-10H,4-7H2,1-3H3,(H,14,15)/t9-,10+/m1/s1. The summed E-state index contributed by atoms with van der Waals surface area (Å²) in [6.07, 6.45) is 2.48. The van der Waals surface area contributed by atoms with E-state index in [9.17, 15) is 9.90 Å². The predicted molar refractivity (Wildman–Crippen MR) is 58.7 cm³/mol. The Morgan fingerprint density at radius 1 is 1.27 bits per heavy atom. The Morgan fingerprint density at radius 2 is 1.87 bits per heavy atom. The van der Waals surface area contributed by atoms with E-state index in [1.165, 1.54) is 12.8 Å². The maximum atomic E-state index is 11.2. The first-order valence-corrected chi connectivity index (χ1v) is 5.87. The normalized spacial score (nSPS) is 33.3. The quantitative estimate of drug-likeness (QED) is 0.757. The number of nitrogens with zero attached hydrogens (tertiary/aromatic N) is 1. The van der Waals surface area contributed by atoms with Gasteiger partial charge in [0.05, 0.1) is 5.92 Å². The van der Waals surface area contributed by atoms with Crippen LogP contribution in [0.1, 0.15) is 33.6 Å². The minimum atomic E-state index is -0.598. The molecule has 0 unspecified atom stereocenters. The van der Waals surface area contributed by atoms with Gasteiger partial charge in [0.25, 0.3) is 0 Å². The maximum absolute atomic E-state index is 11.2. The van der Waals surface area contributed by atoms with Crippen molar-refractivity contribution in [3.63, 3.8) is 0 Å². The molecule has 0 spiro atoms. The van der Waals surface area contributed by atoms with E-state index in [0.717, 1.165) is 13.1 Å². The van der Waals surface area contributed by atoms with Crippen LogP contribution in [0, 0.1) is 17.8 Å². The average Bonchev–Trinajstić information content (AvgIpc) is 2.81. The summed E-state index contributed by atoms with van der Waals surface area (Å²) in [6.45, 7) is 8.22. The van der Waals surface area contributed by atoms with Crippen LogP contribution in [0.25, 0.3) is 0 Å². The molecule has 0 bridgehead atoms. The molecule has 1 aliphatic heterocycles. The fourth-order valence-electron chi connectivity index (χ4n) is 2.64. The minimum Gasteiger partial charge on any atom is -0.481 e. The number of aliphatic carboxylic acids is 1. The lowest BCUT2D eigenvalue weighted by Gasteiger charge is -2.31. The van der Waals surface area contributed by atoms with Crippen molar-refractivity contribution in [1.82, 2.24) is 4.90 Å². The van der Waals surface area contributed by atoms with Crippen LogP contribution in [0.3, 0.4) is 0 Å². The molecule has 2 fully saturated rings. The Kier molecular flexibility index (Phi) is 2.53. The summed E-state index contributed by atoms with van der Waals surface area (Å²) in [7, 11) is 0. The van der Waals surface area contributed by atoms with Gasteiger partial charge in [-0.1, -0.05) is 0 Å². The average molecular weight is 211 g/mol. The van der Waals surface area contributed by atoms with Gasteiger partial charge in [0.1, 0.15) is 0 Å². The second kappa shape index (κ2) is 3.48. The van der Waals surface area contributed by atoms with Gasteiger partial charge in [0.2, 0.25) is 0 Å². The van der Waals surface area contributed by atoms with Gasteiger partial charge in [-0.25, -0.2) is 0 Å². The summed E-state index contributed by atoms with van der Waals surface area (Å²) in [6, 6.07) is 0. The number of likely N-dealkylation sites (tertiary alicyclic amines) is 1. The molecule has 1 heterocycles. The summed E-state index contributed by atoms with van der Waals surface area (Å²) in [5.41, 5.74) is 0.108. The first-order chi connectivity index (χ1) is 6.89. The second-order valence-corrected chi connectivity index (χ2v) is 6.02. The molecule has 0 aromatic carbocycles. The van der Waals surface area contributed by atoms with Gasteiger partial charge in [-0.05, 0) is 45.4 Å². The topological polar surface area (TPSA) is 40.5 Å². The Labute approximate surface area is 91.5 Å². The van der Waals surface area contributed by atoms with E-state index >= 15 is 0 Å². The fraction of sp³-hybridized carbons (Fsp3) is 0.917. The van der Waals surface area contributed by atoms with Gasteiger partial charge >= 0.3 is 5.97 Å². The lowest BCUT2D eigenvalue weighted by Crippen LogP contribution is -2.40. The number of carbonyl (C=O) groups is 1. The molecule has 3 nitrogen and oxygen atoms in total. The van der Waals surface area contributed by atoms with Crippen molar-refractivity contribution in [2.24, 2.45) is 17.8 Å². The van der Waals surface area contributed by atoms with Crippen LogP contribution in [-0.4, -0.2) is 34.6 Å². The van der Waals surface area contributed by atoms with Gasteiger partial charge in [-0.3, -0.25) is 9.69 Å². The summed E-state index contributed by atoms with van der Waals surface area (Å²) in [4.78, 5) is 13.5. The molecule has 0 aromatic rings. The zero-order chi connectivity index (χ0) is 11.2. The zero-order valence-corrected chi connectivity index (χ0v) is 9.86. The molecule has 1 saturated heterocycles. The van der Waals surface area contributed by atoms with E-state index in [-0.39, 0.29) is 11.5 Å². The van der Waals surface area contributed by atoms with E-state index < -0.39 is 5.97 Å². The van der Waals surface area contributed by atoms with Crippen molar-refractivity contribution in [3.8, 4) is 0 Å². The maximum Gasteiger partial charge on any atom is 0.308 e. The smallest absolute Gasteiger partial charge is 0.308 e. The van der Waals surface area contributed by atoms with Crippen molar-refractivity contribution in [1.29, 1.82) is 0 Å². The van der Waals surface area contributed by atoms with Crippen LogP contribution in [0.5, 0.6) is 0 Å². The monoisotopic (exact) mass is 211 g/mol. The second-order valence-electron chi connectivity index (χ2n) is 6.02. The van der Waals surface area contributed by atoms with Gasteiger partial charge in [0.15, 0.2) is 0 Å². The van der Waals surface area contributed by atoms with Crippen LogP contribution in [0.15, 0.2) is 0 Å². The number of hydrogen-bond acceptors (Lipinski definition) is 2. The molecule has 0 radical (unpaired) electrons. The molecule has 2 atom stereocenters. The SMILES string of the molecule is CC(C)(C)N1C[C@H](C(=O)O)[C@@H](C2CC2)C1. The molecule has 3 heteroatoms. The summed E-state index contributed by atoms with van der Waals surface area (Å²) in [5, 5.41) is 9.22. The first-order valence-electron chi connectivity index (χ1n) is 5.87. The molecule has 1 N–H and O–H groups in total. The lowest BCUT2D eigenvalue weighted by molar-refractivity contribution is -0.142. The molecule has 0 aromatic heterocycles. The zero-order valence-electron chi connectivity index (χ0n) is 9.86. The highest BCUT2D eigenvalue weighted by Gasteiger charge is 2.47. The Morgan fingerprint density at radius 3 is 2.27 bits per heavy atom. The Balaban J connectivity index is 2.08. The largest absolute Gasteiger partial charge is 0.481 e. The highest BCUT2D eigenvalue weighted by Crippen LogP contribution is 2.45. The fourth-order valence-corrected chi connectivity index (χ4v) is 2.64. The summed E-state index contributed by atoms with van der Waals surface area (Å²) in [5.74, 6) is 0.371. The van der Waals surface area contributed by atoms with Gasteiger partial charge in [-0.15, -0.1) is 0 Å². The molecule has 1 aliphatic carbocycles. The van der Waals surface area contributed by atoms with Crippen molar-refractivity contribution in [3.05, 3.63) is 0 Å². The third kappa shape index (κ3) is 2.17. The summed E-state index contributed by atoms with van der Waals surface area (Å²) < 4.78 is 0. The number of carboxylic acids is 1. The van der Waals surface area contributed by atoms with E-state index in [1.54, 1.807) is 0 Å². The van der Waals surface area contributed by atoms with Crippen molar-refractivity contribution < 1.29 is 9.90 Å². The van der Waals surface area contributed by atoms with Crippen LogP contribution in [0.4, 0.5) is 0 Å². The lowest BCUT2D eigenvalue weighted by atomic mass is 9.92. The van der Waals surface area contributed by atoms with Crippen molar-refractivity contribution in [2.75, 3.05) is 13.1 Å². The van der Waals surface area contributed by atoms with Gasteiger partial charge in [-0.2, -0.15) is 0 Å². The molecule has 2 rings (SSSR count). The molecule has 2 aliphatic rings. The Hall–Kier alpha value is -0.570. The molecule has 86 valence electrons. The Bertz CT molecular complexity index is 265. The number of carboxylic acid groups (broad SMARTS) is 1. The van der Waals surface area contributed by atoms with Gasteiger partial charge in [0, 0.05) is 18.6 Å². The molecule has 15 heavy (non-hydrogen) atoms. The molecular weight excluding hydrogens is 190 g/mol. The van der Waals surface area contributed by atoms with Crippen LogP contribution < -0.4 is 0 Å². The first kappa shape index (κ1) is 10.9. The minimum absolute atomic E-state index is 0.108. The van der Waals surface area contributed by atoms with E-state index in [1.807, 2.05) is 0 Å². The molecule has 1 saturated carbocycles. The van der Waals surface area contributed by atoms with Crippen molar-refractivity contribution in [2.45, 2.75) is 39.2 Å². The highest BCUT2D eigenvalue weighted by molar-refractivity contribution is 5.71. The number of hydrogen-bond donors (Lipinski definition) is 1. The predicted octanol–water partition coefficient (Wildman–Crippen LogP) is 1.83. The van der Waals surface area contributed by atoms with E-state index in [2.05, 4.69) is 25.7 Å². The number of rotatable bonds is 2.